The zero-order valence-electron chi connectivity index (χ0n) is 7.02. The first-order valence-corrected chi connectivity index (χ1v) is 3.92. The Morgan fingerprint density at radius 2 is 2.18 bits per heavy atom. The highest BCUT2D eigenvalue weighted by atomic mass is 16.1. The van der Waals surface area contributed by atoms with Crippen LogP contribution in [0.4, 0.5) is 0 Å². The maximum Gasteiger partial charge on any atom is 0.233 e. The molecule has 0 bridgehead atoms. The van der Waals surface area contributed by atoms with Gasteiger partial charge in [-0.3, -0.25) is 4.79 Å². The molecule has 1 amide bonds. The molecule has 0 aliphatic heterocycles. The molecule has 4 heteroatoms. The standard InChI is InChI=1S/C7H17N3O/c1-9-6-7(11)10-5-3-2-4-8/h9H,2-6,8H2,1H3,(H,10,11). The summed E-state index contributed by atoms with van der Waals surface area (Å²) in [6.45, 7) is 1.82. The Hall–Kier alpha value is -0.610. The molecule has 0 heterocycles. The molecule has 0 atom stereocenters. The summed E-state index contributed by atoms with van der Waals surface area (Å²) in [5.41, 5.74) is 5.28. The first kappa shape index (κ1) is 10.4. The summed E-state index contributed by atoms with van der Waals surface area (Å²) in [6.07, 6.45) is 1.94. The molecule has 0 saturated heterocycles. The van der Waals surface area contributed by atoms with Crippen molar-refractivity contribution in [3.8, 4) is 0 Å². The van der Waals surface area contributed by atoms with Crippen molar-refractivity contribution in [2.75, 3.05) is 26.7 Å². The summed E-state index contributed by atoms with van der Waals surface area (Å²) in [4.78, 5) is 10.8. The van der Waals surface area contributed by atoms with Gasteiger partial charge in [0, 0.05) is 6.54 Å². The summed E-state index contributed by atoms with van der Waals surface area (Å²) >= 11 is 0. The summed E-state index contributed by atoms with van der Waals surface area (Å²) in [6, 6.07) is 0. The van der Waals surface area contributed by atoms with Crippen LogP contribution in [0.5, 0.6) is 0 Å². The molecule has 11 heavy (non-hydrogen) atoms. The van der Waals surface area contributed by atoms with Crippen molar-refractivity contribution in [1.82, 2.24) is 10.6 Å². The summed E-state index contributed by atoms with van der Waals surface area (Å²) < 4.78 is 0. The average Bonchev–Trinajstić information content (AvgIpc) is 1.99. The topological polar surface area (TPSA) is 67.2 Å². The van der Waals surface area contributed by atoms with Gasteiger partial charge in [0.2, 0.25) is 5.91 Å². The van der Waals surface area contributed by atoms with Crippen LogP contribution in [-0.4, -0.2) is 32.6 Å². The summed E-state index contributed by atoms with van der Waals surface area (Å²) in [5.74, 6) is 0.0459. The van der Waals surface area contributed by atoms with Gasteiger partial charge in [-0.25, -0.2) is 0 Å². The Kier molecular flexibility index (Phi) is 7.08. The first-order chi connectivity index (χ1) is 5.31. The third-order valence-corrected chi connectivity index (χ3v) is 1.29. The Morgan fingerprint density at radius 3 is 2.73 bits per heavy atom. The predicted molar refractivity (Wildman–Crippen MR) is 45.2 cm³/mol. The van der Waals surface area contributed by atoms with Gasteiger partial charge in [-0.1, -0.05) is 0 Å². The highest BCUT2D eigenvalue weighted by Crippen LogP contribution is 1.81. The molecule has 0 fully saturated rings. The van der Waals surface area contributed by atoms with Gasteiger partial charge in [0.25, 0.3) is 0 Å². The number of carbonyl (C=O) groups excluding carboxylic acids is 1. The van der Waals surface area contributed by atoms with Crippen LogP contribution in [0.3, 0.4) is 0 Å². The number of nitrogens with two attached hydrogens (primary N) is 1. The molecule has 0 rings (SSSR count). The van der Waals surface area contributed by atoms with Gasteiger partial charge in [-0.15, -0.1) is 0 Å². The average molecular weight is 159 g/mol. The number of hydrogen-bond acceptors (Lipinski definition) is 3. The van der Waals surface area contributed by atoms with Gasteiger partial charge < -0.3 is 16.4 Å². The van der Waals surface area contributed by atoms with Gasteiger partial charge >= 0.3 is 0 Å². The van der Waals surface area contributed by atoms with E-state index in [1.54, 1.807) is 7.05 Å². The van der Waals surface area contributed by atoms with E-state index in [4.69, 9.17) is 5.73 Å². The van der Waals surface area contributed by atoms with Crippen molar-refractivity contribution in [3.63, 3.8) is 0 Å². The second kappa shape index (κ2) is 7.50. The highest BCUT2D eigenvalue weighted by Gasteiger charge is 1.95. The molecule has 4 nitrogen and oxygen atoms in total. The van der Waals surface area contributed by atoms with Crippen LogP contribution >= 0.6 is 0 Å². The van der Waals surface area contributed by atoms with E-state index in [9.17, 15) is 4.79 Å². The minimum absolute atomic E-state index is 0.0459. The zero-order valence-corrected chi connectivity index (χ0v) is 7.02. The molecule has 0 radical (unpaired) electrons. The Labute approximate surface area is 67.5 Å². The monoisotopic (exact) mass is 159 g/mol. The molecule has 0 saturated carbocycles. The lowest BCUT2D eigenvalue weighted by molar-refractivity contribution is -0.120. The lowest BCUT2D eigenvalue weighted by Crippen LogP contribution is -2.32. The highest BCUT2D eigenvalue weighted by molar-refractivity contribution is 5.77. The minimum Gasteiger partial charge on any atom is -0.355 e. The van der Waals surface area contributed by atoms with Crippen molar-refractivity contribution in [2.45, 2.75) is 12.8 Å². The third-order valence-electron chi connectivity index (χ3n) is 1.29. The van der Waals surface area contributed by atoms with E-state index in [1.807, 2.05) is 0 Å². The van der Waals surface area contributed by atoms with Crippen LogP contribution in [0, 0.1) is 0 Å². The fourth-order valence-corrected chi connectivity index (χ4v) is 0.720. The molecule has 0 unspecified atom stereocenters. The molecule has 0 aliphatic rings. The molecule has 4 N–H and O–H groups in total. The van der Waals surface area contributed by atoms with Crippen molar-refractivity contribution in [2.24, 2.45) is 5.73 Å². The second-order valence-corrected chi connectivity index (χ2v) is 2.38. The van der Waals surface area contributed by atoms with Crippen LogP contribution in [0.2, 0.25) is 0 Å². The number of likely N-dealkylation sites (N-methyl/N-ethyl adjacent to an activating group) is 1. The van der Waals surface area contributed by atoms with Crippen molar-refractivity contribution < 1.29 is 4.79 Å². The lowest BCUT2D eigenvalue weighted by atomic mass is 10.3. The number of rotatable bonds is 6. The number of carbonyl (C=O) groups is 1. The number of amides is 1. The lowest BCUT2D eigenvalue weighted by Gasteiger charge is -2.02. The number of hydrogen-bond donors (Lipinski definition) is 3. The van der Waals surface area contributed by atoms with E-state index in [2.05, 4.69) is 10.6 Å². The van der Waals surface area contributed by atoms with Gasteiger partial charge in [-0.05, 0) is 26.4 Å². The Bertz CT molecular complexity index is 106. The van der Waals surface area contributed by atoms with E-state index in [1.165, 1.54) is 0 Å². The SMILES string of the molecule is CNCC(=O)NCCCCN. The van der Waals surface area contributed by atoms with Gasteiger partial charge in [0.15, 0.2) is 0 Å². The van der Waals surface area contributed by atoms with Crippen molar-refractivity contribution in [3.05, 3.63) is 0 Å². The van der Waals surface area contributed by atoms with E-state index in [0.717, 1.165) is 19.4 Å². The molecule has 0 spiro atoms. The first-order valence-electron chi connectivity index (χ1n) is 3.92. The maximum atomic E-state index is 10.8. The largest absolute Gasteiger partial charge is 0.355 e. The van der Waals surface area contributed by atoms with Crippen molar-refractivity contribution in [1.29, 1.82) is 0 Å². The van der Waals surface area contributed by atoms with Crippen LogP contribution in [-0.2, 0) is 4.79 Å². The third kappa shape index (κ3) is 7.29. The van der Waals surface area contributed by atoms with E-state index in [-0.39, 0.29) is 5.91 Å². The predicted octanol–water partition coefficient (Wildman–Crippen LogP) is -0.939. The summed E-state index contributed by atoms with van der Waals surface area (Å²) in [7, 11) is 1.75. The van der Waals surface area contributed by atoms with Gasteiger partial charge in [0.1, 0.15) is 0 Å². The Balaban J connectivity index is 3.04. The quantitative estimate of drug-likeness (QED) is 0.438. The normalized spacial score (nSPS) is 9.64. The molecule has 0 aromatic rings. The number of nitrogens with one attached hydrogen (secondary N) is 2. The van der Waals surface area contributed by atoms with Crippen LogP contribution in [0.15, 0.2) is 0 Å². The molecule has 66 valence electrons. The molecule has 0 aliphatic carbocycles. The molecular weight excluding hydrogens is 142 g/mol. The summed E-state index contributed by atoms with van der Waals surface area (Å²) in [5, 5.41) is 5.53. The van der Waals surface area contributed by atoms with E-state index >= 15 is 0 Å². The maximum absolute atomic E-state index is 10.8. The van der Waals surface area contributed by atoms with Crippen LogP contribution in [0.25, 0.3) is 0 Å². The molecular formula is C7H17N3O. The van der Waals surface area contributed by atoms with Gasteiger partial charge in [0.05, 0.1) is 6.54 Å². The fraction of sp³-hybridized carbons (Fsp3) is 0.857. The number of unbranched alkanes of at least 4 members (excludes halogenated alkanes) is 1. The fourth-order valence-electron chi connectivity index (χ4n) is 0.720. The second-order valence-electron chi connectivity index (χ2n) is 2.38. The van der Waals surface area contributed by atoms with E-state index < -0.39 is 0 Å². The minimum atomic E-state index is 0.0459. The smallest absolute Gasteiger partial charge is 0.233 e. The molecule has 0 aromatic heterocycles. The van der Waals surface area contributed by atoms with Gasteiger partial charge in [-0.2, -0.15) is 0 Å². The van der Waals surface area contributed by atoms with Crippen LogP contribution in [0.1, 0.15) is 12.8 Å². The van der Waals surface area contributed by atoms with Crippen LogP contribution < -0.4 is 16.4 Å². The zero-order chi connectivity index (χ0) is 8.53. The van der Waals surface area contributed by atoms with Crippen molar-refractivity contribution >= 4 is 5.91 Å². The van der Waals surface area contributed by atoms with E-state index in [0.29, 0.717) is 13.1 Å². The Morgan fingerprint density at radius 1 is 1.45 bits per heavy atom. The molecule has 0 aromatic carbocycles.